The molecule has 0 radical (unpaired) electrons. The number of nitrogens with zero attached hydrogens (tertiary/aromatic N) is 3. The number of pyridine rings is 1. The minimum atomic E-state index is -0.314. The molecule has 3 saturated heterocycles. The van der Waals surface area contributed by atoms with Crippen LogP contribution in [0.15, 0.2) is 36.7 Å². The predicted molar refractivity (Wildman–Crippen MR) is 90.2 cm³/mol. The zero-order valence-corrected chi connectivity index (χ0v) is 14.2. The highest BCUT2D eigenvalue weighted by molar-refractivity contribution is 5.29. The maximum atomic E-state index is 13.9. The molecule has 1 aromatic carbocycles. The second-order valence-electron chi connectivity index (χ2n) is 6.89. The lowest BCUT2D eigenvalue weighted by molar-refractivity contribution is -0.0775. The maximum absolute atomic E-state index is 13.9. The summed E-state index contributed by atoms with van der Waals surface area (Å²) in [6.45, 7) is 3.38. The molecule has 2 aromatic rings. The molecule has 132 valence electrons. The quantitative estimate of drug-likeness (QED) is 0.833. The summed E-state index contributed by atoms with van der Waals surface area (Å²) < 4.78 is 32.1. The van der Waals surface area contributed by atoms with Crippen LogP contribution in [0.2, 0.25) is 0 Å². The van der Waals surface area contributed by atoms with Crippen LogP contribution in [0.25, 0.3) is 0 Å². The number of hydrogen-bond acceptors (Lipinski definition) is 4. The first-order valence-electron chi connectivity index (χ1n) is 8.52. The highest BCUT2D eigenvalue weighted by atomic mass is 19.1. The predicted octanol–water partition coefficient (Wildman–Crippen LogP) is 2.83. The summed E-state index contributed by atoms with van der Waals surface area (Å²) in [5.41, 5.74) is 1.88. The number of piperazine rings is 1. The zero-order chi connectivity index (χ0) is 17.4. The summed E-state index contributed by atoms with van der Waals surface area (Å²) in [5.74, 6) is -0.323. The van der Waals surface area contributed by atoms with Crippen molar-refractivity contribution < 1.29 is 13.5 Å². The highest BCUT2D eigenvalue weighted by Gasteiger charge is 2.44. The van der Waals surface area contributed by atoms with Crippen LogP contribution in [0.3, 0.4) is 0 Å². The number of aromatic nitrogens is 1. The van der Waals surface area contributed by atoms with E-state index in [1.165, 1.54) is 19.7 Å². The van der Waals surface area contributed by atoms with Gasteiger partial charge < -0.3 is 4.74 Å². The molecule has 0 aliphatic carbocycles. The van der Waals surface area contributed by atoms with E-state index in [2.05, 4.69) is 14.8 Å². The first-order valence-corrected chi connectivity index (χ1v) is 8.52. The third-order valence-electron chi connectivity index (χ3n) is 5.17. The Bertz CT molecular complexity index is 758. The van der Waals surface area contributed by atoms with Gasteiger partial charge in [0.15, 0.2) is 11.6 Å². The first-order chi connectivity index (χ1) is 12.1. The van der Waals surface area contributed by atoms with Gasteiger partial charge in [-0.3, -0.25) is 14.8 Å². The number of hydrogen-bond donors (Lipinski definition) is 0. The largest absolute Gasteiger partial charge is 0.494 e. The molecule has 0 spiro atoms. The topological polar surface area (TPSA) is 28.6 Å². The molecule has 5 rings (SSSR count). The van der Waals surface area contributed by atoms with E-state index in [1.54, 1.807) is 24.4 Å². The molecule has 0 saturated carbocycles. The van der Waals surface area contributed by atoms with Crippen LogP contribution in [-0.2, 0) is 13.1 Å². The highest BCUT2D eigenvalue weighted by Crippen LogP contribution is 2.34. The average Bonchev–Trinajstić information content (AvgIpc) is 2.60. The van der Waals surface area contributed by atoms with E-state index >= 15 is 0 Å². The van der Waals surface area contributed by atoms with Gasteiger partial charge in [-0.1, -0.05) is 6.07 Å². The van der Waals surface area contributed by atoms with Crippen LogP contribution in [-0.4, -0.2) is 47.1 Å². The van der Waals surface area contributed by atoms with Crippen molar-refractivity contribution in [1.82, 2.24) is 14.8 Å². The van der Waals surface area contributed by atoms with Gasteiger partial charge in [-0.25, -0.2) is 8.78 Å². The number of halogens is 2. The van der Waals surface area contributed by atoms with Crippen molar-refractivity contribution in [3.8, 4) is 5.75 Å². The standard InChI is InChI=1S/C19H21F2N3O/c1-25-19-3-2-13(5-18(19)21)10-24-16-6-17(24)12-23(11-16)9-14-4-15(20)8-22-7-14/h2-5,7-8,16-17H,6,9-12H2,1H3. The maximum Gasteiger partial charge on any atom is 0.165 e. The SMILES string of the molecule is COc1ccc(CN2C3CC2CN(Cc2cncc(F)c2)C3)cc1F. The van der Waals surface area contributed by atoms with Crippen LogP contribution in [0, 0.1) is 11.6 Å². The van der Waals surface area contributed by atoms with E-state index in [0.29, 0.717) is 12.1 Å². The molecule has 2 unspecified atom stereocenters. The zero-order valence-electron chi connectivity index (χ0n) is 14.2. The van der Waals surface area contributed by atoms with Crippen LogP contribution in [0.1, 0.15) is 17.5 Å². The molecule has 3 aliphatic heterocycles. The number of fused-ring (bicyclic) bond motifs is 2. The first kappa shape index (κ1) is 16.4. The molecule has 3 fully saturated rings. The lowest BCUT2D eigenvalue weighted by atomic mass is 9.86. The summed E-state index contributed by atoms with van der Waals surface area (Å²) >= 11 is 0. The van der Waals surface area contributed by atoms with Gasteiger partial charge in [0.25, 0.3) is 0 Å². The molecule has 0 N–H and O–H groups in total. The van der Waals surface area contributed by atoms with Gasteiger partial charge in [-0.2, -0.15) is 0 Å². The molecule has 2 atom stereocenters. The molecule has 0 amide bonds. The third-order valence-corrected chi connectivity index (χ3v) is 5.17. The van der Waals surface area contributed by atoms with Crippen molar-refractivity contribution in [1.29, 1.82) is 0 Å². The molecule has 4 nitrogen and oxygen atoms in total. The summed E-state index contributed by atoms with van der Waals surface area (Å²) in [4.78, 5) is 8.69. The Labute approximate surface area is 146 Å². The molecule has 1 aromatic heterocycles. The number of piperidine rings is 1. The van der Waals surface area contributed by atoms with Gasteiger partial charge in [0.2, 0.25) is 0 Å². The Morgan fingerprint density at radius 3 is 2.56 bits per heavy atom. The van der Waals surface area contributed by atoms with Crippen LogP contribution in [0.5, 0.6) is 5.75 Å². The van der Waals surface area contributed by atoms with Gasteiger partial charge in [0, 0.05) is 44.5 Å². The summed E-state index contributed by atoms with van der Waals surface area (Å²) in [7, 11) is 1.47. The normalized spacial score (nSPS) is 23.3. The van der Waals surface area contributed by atoms with Crippen molar-refractivity contribution in [3.63, 3.8) is 0 Å². The summed E-state index contributed by atoms with van der Waals surface area (Å²) in [6, 6.07) is 7.67. The Morgan fingerprint density at radius 2 is 1.88 bits per heavy atom. The Kier molecular flexibility index (Phi) is 4.39. The van der Waals surface area contributed by atoms with E-state index < -0.39 is 0 Å². The minimum absolute atomic E-state index is 0.280. The van der Waals surface area contributed by atoms with Crippen molar-refractivity contribution in [2.45, 2.75) is 31.6 Å². The van der Waals surface area contributed by atoms with Gasteiger partial charge in [-0.05, 0) is 35.7 Å². The number of ether oxygens (including phenoxy) is 1. The monoisotopic (exact) mass is 345 g/mol. The van der Waals surface area contributed by atoms with Crippen molar-refractivity contribution in [3.05, 3.63) is 59.4 Å². The minimum Gasteiger partial charge on any atom is -0.494 e. The summed E-state index contributed by atoms with van der Waals surface area (Å²) in [5, 5.41) is 0. The van der Waals surface area contributed by atoms with Crippen molar-refractivity contribution in [2.24, 2.45) is 0 Å². The Morgan fingerprint density at radius 1 is 1.08 bits per heavy atom. The fourth-order valence-corrected chi connectivity index (χ4v) is 3.98. The van der Waals surface area contributed by atoms with Crippen LogP contribution in [0.4, 0.5) is 8.78 Å². The molecule has 6 heteroatoms. The van der Waals surface area contributed by atoms with E-state index in [-0.39, 0.29) is 17.4 Å². The Hall–Kier alpha value is -2.05. The number of methoxy groups -OCH3 is 1. The fourth-order valence-electron chi connectivity index (χ4n) is 3.98. The molecule has 2 bridgehead atoms. The molecular formula is C19H21F2N3O. The molecular weight excluding hydrogens is 324 g/mol. The number of benzene rings is 1. The van der Waals surface area contributed by atoms with E-state index in [1.807, 2.05) is 6.07 Å². The van der Waals surface area contributed by atoms with E-state index in [9.17, 15) is 8.78 Å². The second kappa shape index (κ2) is 6.69. The third kappa shape index (κ3) is 3.37. The van der Waals surface area contributed by atoms with Gasteiger partial charge >= 0.3 is 0 Å². The van der Waals surface area contributed by atoms with Crippen LogP contribution < -0.4 is 4.74 Å². The fraction of sp³-hybridized carbons (Fsp3) is 0.421. The van der Waals surface area contributed by atoms with Gasteiger partial charge in [-0.15, -0.1) is 0 Å². The lowest BCUT2D eigenvalue weighted by Gasteiger charge is -2.56. The van der Waals surface area contributed by atoms with E-state index in [4.69, 9.17) is 4.74 Å². The average molecular weight is 345 g/mol. The summed E-state index contributed by atoms with van der Waals surface area (Å²) in [6.07, 6.45) is 4.13. The van der Waals surface area contributed by atoms with E-state index in [0.717, 1.165) is 37.3 Å². The number of rotatable bonds is 5. The van der Waals surface area contributed by atoms with Crippen molar-refractivity contribution in [2.75, 3.05) is 20.2 Å². The van der Waals surface area contributed by atoms with Gasteiger partial charge in [0.1, 0.15) is 5.82 Å². The lowest BCUT2D eigenvalue weighted by Crippen LogP contribution is -2.67. The molecule has 3 aliphatic rings. The Balaban J connectivity index is 1.36. The second-order valence-corrected chi connectivity index (χ2v) is 6.89. The van der Waals surface area contributed by atoms with Crippen LogP contribution >= 0.6 is 0 Å². The smallest absolute Gasteiger partial charge is 0.165 e. The molecule has 4 heterocycles. The van der Waals surface area contributed by atoms with Gasteiger partial charge in [0.05, 0.1) is 13.3 Å². The van der Waals surface area contributed by atoms with Crippen molar-refractivity contribution >= 4 is 0 Å². The molecule has 25 heavy (non-hydrogen) atoms.